The Balaban J connectivity index is 0.00000161. The minimum atomic E-state index is -3.98. The minimum absolute atomic E-state index is 0. The van der Waals surface area contributed by atoms with E-state index in [-0.39, 0.29) is 62.3 Å². The second kappa shape index (κ2) is 7.11. The van der Waals surface area contributed by atoms with E-state index in [4.69, 9.17) is 0 Å². The van der Waals surface area contributed by atoms with Gasteiger partial charge in [-0.15, -0.1) is 0 Å². The normalized spacial score (nSPS) is 13.2. The van der Waals surface area contributed by atoms with Crippen LogP contribution in [0.15, 0.2) is 67.3 Å². The number of benzene rings is 1. The summed E-state index contributed by atoms with van der Waals surface area (Å²) < 4.78 is 14.1. The van der Waals surface area contributed by atoms with Crippen LogP contribution in [0.2, 0.25) is 0 Å². The predicted octanol–water partition coefficient (Wildman–Crippen LogP) is -2.14. The largest absolute Gasteiger partial charge is 1.00 e. The molecule has 3 aromatic rings. The van der Waals surface area contributed by atoms with E-state index in [0.717, 1.165) is 0 Å². The summed E-state index contributed by atoms with van der Waals surface area (Å²) in [6, 6.07) is 11.8. The maximum Gasteiger partial charge on any atom is 1.00 e. The van der Waals surface area contributed by atoms with Crippen LogP contribution in [0.25, 0.3) is 5.69 Å². The third-order valence-corrected chi connectivity index (χ3v) is 4.74. The number of hydrogen-bond donors (Lipinski definition) is 0. The van der Waals surface area contributed by atoms with Crippen LogP contribution in [0, 0.1) is 0 Å². The smallest absolute Gasteiger partial charge is 0.790 e. The molecule has 0 aliphatic rings. The number of aromatic nitrogens is 3. The van der Waals surface area contributed by atoms with Crippen molar-refractivity contribution in [3.05, 3.63) is 67.3 Å². The fourth-order valence-electron chi connectivity index (χ4n) is 1.95. The summed E-state index contributed by atoms with van der Waals surface area (Å²) >= 11 is 0. The summed E-state index contributed by atoms with van der Waals surface area (Å²) in [6.07, 6.45) is 6.31. The van der Waals surface area contributed by atoms with Crippen molar-refractivity contribution in [2.45, 2.75) is 0 Å². The first kappa shape index (κ1) is 16.8. The summed E-state index contributed by atoms with van der Waals surface area (Å²) in [4.78, 5) is 20.6. The van der Waals surface area contributed by atoms with E-state index in [2.05, 4.69) is 9.97 Å². The van der Waals surface area contributed by atoms with Crippen LogP contribution >= 0.6 is 7.37 Å². The van der Waals surface area contributed by atoms with Gasteiger partial charge in [-0.3, -0.25) is 9.55 Å². The number of pyridine rings is 1. The summed E-state index contributed by atoms with van der Waals surface area (Å²) in [5.41, 5.74) is 0.670. The van der Waals surface area contributed by atoms with Gasteiger partial charge in [0.15, 0.2) is 5.57 Å². The molecule has 0 saturated carbocycles. The van der Waals surface area contributed by atoms with E-state index in [1.165, 1.54) is 10.8 Å². The average molecular weight is 323 g/mol. The molecule has 2 aromatic heterocycles. The van der Waals surface area contributed by atoms with Gasteiger partial charge in [0.05, 0.1) is 11.9 Å². The molecule has 0 amide bonds. The van der Waals surface area contributed by atoms with E-state index in [9.17, 15) is 9.46 Å². The molecule has 2 heterocycles. The Kier molecular flexibility index (Phi) is 5.68. The summed E-state index contributed by atoms with van der Waals surface area (Å²) in [7, 11) is -3.98. The standard InChI is InChI=1S/C14H12N3O2P.K/c18-20(19,13-6-2-1-3-7-13)14-16-9-10-17(14)12-5-4-8-15-11-12;/h1-11H,(H,18,19);/q;+1/p-1. The Morgan fingerprint density at radius 2 is 1.81 bits per heavy atom. The first-order valence-corrected chi connectivity index (χ1v) is 7.63. The van der Waals surface area contributed by atoms with Crippen molar-refractivity contribution >= 4 is 18.2 Å². The topological polar surface area (TPSA) is 70.8 Å². The zero-order valence-electron chi connectivity index (χ0n) is 11.5. The van der Waals surface area contributed by atoms with Crippen LogP contribution in [-0.4, -0.2) is 14.5 Å². The van der Waals surface area contributed by atoms with Crippen LogP contribution in [0.5, 0.6) is 0 Å². The zero-order chi connectivity index (χ0) is 14.0. The summed E-state index contributed by atoms with van der Waals surface area (Å²) in [5.74, 6) is 0. The van der Waals surface area contributed by atoms with Gasteiger partial charge in [0.2, 0.25) is 0 Å². The third-order valence-electron chi connectivity index (χ3n) is 2.90. The first-order valence-electron chi connectivity index (χ1n) is 6.00. The molecule has 0 aliphatic carbocycles. The Morgan fingerprint density at radius 3 is 2.48 bits per heavy atom. The van der Waals surface area contributed by atoms with Gasteiger partial charge in [0.1, 0.15) is 7.37 Å². The molecule has 0 saturated heterocycles. The van der Waals surface area contributed by atoms with Gasteiger partial charge in [-0.2, -0.15) is 0 Å². The molecule has 0 spiro atoms. The molecule has 1 unspecified atom stereocenters. The van der Waals surface area contributed by atoms with E-state index in [0.29, 0.717) is 5.69 Å². The second-order valence-corrected chi connectivity index (χ2v) is 6.21. The molecule has 0 radical (unpaired) electrons. The van der Waals surface area contributed by atoms with E-state index >= 15 is 0 Å². The Hall–Kier alpha value is -0.594. The van der Waals surface area contributed by atoms with Crippen LogP contribution < -0.4 is 67.1 Å². The van der Waals surface area contributed by atoms with Crippen molar-refractivity contribution in [3.63, 3.8) is 0 Å². The molecule has 21 heavy (non-hydrogen) atoms. The number of hydrogen-bond acceptors (Lipinski definition) is 4. The third kappa shape index (κ3) is 3.43. The van der Waals surface area contributed by atoms with Crippen molar-refractivity contribution in [1.29, 1.82) is 0 Å². The van der Waals surface area contributed by atoms with Gasteiger partial charge in [0.25, 0.3) is 0 Å². The van der Waals surface area contributed by atoms with Crippen molar-refractivity contribution in [3.8, 4) is 5.69 Å². The van der Waals surface area contributed by atoms with Crippen molar-refractivity contribution in [2.24, 2.45) is 0 Å². The van der Waals surface area contributed by atoms with Gasteiger partial charge in [-0.1, -0.05) is 30.3 Å². The molecular formula is C14H11KN3O2P. The average Bonchev–Trinajstić information content (AvgIpc) is 2.99. The Labute approximate surface area is 164 Å². The van der Waals surface area contributed by atoms with Crippen LogP contribution in [-0.2, 0) is 4.57 Å². The molecule has 3 rings (SSSR count). The van der Waals surface area contributed by atoms with Gasteiger partial charge < -0.3 is 9.46 Å². The van der Waals surface area contributed by atoms with Crippen LogP contribution in [0.1, 0.15) is 0 Å². The first-order chi connectivity index (χ1) is 9.69. The number of nitrogens with zero attached hydrogens (tertiary/aromatic N) is 3. The van der Waals surface area contributed by atoms with Crippen molar-refractivity contribution < 1.29 is 60.8 Å². The van der Waals surface area contributed by atoms with Crippen LogP contribution in [0.3, 0.4) is 0 Å². The second-order valence-electron chi connectivity index (χ2n) is 4.20. The van der Waals surface area contributed by atoms with E-state index in [1.807, 2.05) is 0 Å². The monoisotopic (exact) mass is 323 g/mol. The fraction of sp³-hybridized carbons (Fsp3) is 0. The summed E-state index contributed by atoms with van der Waals surface area (Å²) in [5, 5.41) is 0.247. The Morgan fingerprint density at radius 1 is 1.05 bits per heavy atom. The van der Waals surface area contributed by atoms with E-state index < -0.39 is 7.37 Å². The summed E-state index contributed by atoms with van der Waals surface area (Å²) in [6.45, 7) is 0. The maximum absolute atomic E-state index is 12.6. The van der Waals surface area contributed by atoms with Crippen molar-refractivity contribution in [2.75, 3.05) is 0 Å². The quantitative estimate of drug-likeness (QED) is 0.407. The number of imidazole rings is 1. The van der Waals surface area contributed by atoms with Gasteiger partial charge in [0, 0.05) is 23.9 Å². The molecular weight excluding hydrogens is 312 g/mol. The van der Waals surface area contributed by atoms with Gasteiger partial charge >= 0.3 is 51.4 Å². The zero-order valence-corrected chi connectivity index (χ0v) is 15.5. The molecule has 5 nitrogen and oxygen atoms in total. The SMILES string of the molecule is O=P([O-])(c1ccccc1)c1nccn1-c1cccnc1.[K+]. The molecule has 0 bridgehead atoms. The van der Waals surface area contributed by atoms with Gasteiger partial charge in [-0.25, -0.2) is 4.98 Å². The molecule has 1 atom stereocenters. The molecule has 0 aliphatic heterocycles. The molecule has 0 N–H and O–H groups in total. The predicted molar refractivity (Wildman–Crippen MR) is 74.7 cm³/mol. The number of rotatable bonds is 3. The Bertz CT molecular complexity index is 762. The molecule has 100 valence electrons. The van der Waals surface area contributed by atoms with Crippen molar-refractivity contribution in [1.82, 2.24) is 14.5 Å². The minimum Gasteiger partial charge on any atom is -0.790 e. The molecule has 7 heteroatoms. The molecule has 0 fully saturated rings. The maximum atomic E-state index is 12.6. The fourth-order valence-corrected chi connectivity index (χ4v) is 3.43. The van der Waals surface area contributed by atoms with E-state index in [1.54, 1.807) is 61.1 Å². The van der Waals surface area contributed by atoms with Gasteiger partial charge in [-0.05, 0) is 12.1 Å². The molecule has 1 aromatic carbocycles. The van der Waals surface area contributed by atoms with Crippen LogP contribution in [0.4, 0.5) is 0 Å².